The molecule has 1 atom stereocenters. The summed E-state index contributed by atoms with van der Waals surface area (Å²) in [7, 11) is 0. The first kappa shape index (κ1) is 13.2. The van der Waals surface area contributed by atoms with Crippen molar-refractivity contribution in [2.75, 3.05) is 13.2 Å². The third-order valence-electron chi connectivity index (χ3n) is 2.77. The van der Waals surface area contributed by atoms with E-state index in [-0.39, 0.29) is 6.04 Å². The van der Waals surface area contributed by atoms with E-state index in [1.807, 2.05) is 16.8 Å². The van der Waals surface area contributed by atoms with Gasteiger partial charge in [0.25, 0.3) is 0 Å². The van der Waals surface area contributed by atoms with E-state index in [4.69, 9.17) is 0 Å². The van der Waals surface area contributed by atoms with Crippen LogP contribution in [0.2, 0.25) is 0 Å². The number of halogens is 3. The van der Waals surface area contributed by atoms with Crippen molar-refractivity contribution in [1.82, 2.24) is 4.90 Å². The molecule has 0 aromatic carbocycles. The predicted octanol–water partition coefficient (Wildman–Crippen LogP) is 3.58. The van der Waals surface area contributed by atoms with Crippen LogP contribution in [0, 0.1) is 0 Å². The van der Waals surface area contributed by atoms with Crippen LogP contribution in [0.5, 0.6) is 0 Å². The van der Waals surface area contributed by atoms with Crippen molar-refractivity contribution in [1.29, 1.82) is 0 Å². The van der Waals surface area contributed by atoms with Gasteiger partial charge in [-0.1, -0.05) is 0 Å². The van der Waals surface area contributed by atoms with Crippen molar-refractivity contribution >= 4 is 17.4 Å². The summed E-state index contributed by atoms with van der Waals surface area (Å²) in [5.74, 6) is 0. The van der Waals surface area contributed by atoms with Gasteiger partial charge in [0.05, 0.1) is 6.04 Å². The minimum Gasteiger partial charge on any atom is -0.440 e. The van der Waals surface area contributed by atoms with Gasteiger partial charge in [0.1, 0.15) is 0 Å². The molecular weight excluding hydrogens is 267 g/mol. The summed E-state index contributed by atoms with van der Waals surface area (Å²) in [6, 6.07) is 1.72. The van der Waals surface area contributed by atoms with Crippen LogP contribution in [0.4, 0.5) is 18.0 Å². The topological polar surface area (TPSA) is 29.5 Å². The number of alkyl halides is 3. The van der Waals surface area contributed by atoms with E-state index in [1.165, 1.54) is 16.2 Å². The largest absolute Gasteiger partial charge is 0.440 e. The highest BCUT2D eigenvalue weighted by Crippen LogP contribution is 2.33. The Hall–Kier alpha value is -1.24. The van der Waals surface area contributed by atoms with Gasteiger partial charge in [-0.15, -0.1) is 0 Å². The second kappa shape index (κ2) is 5.17. The van der Waals surface area contributed by atoms with Crippen LogP contribution in [-0.4, -0.2) is 30.3 Å². The number of hydrogen-bond donors (Lipinski definition) is 0. The molecule has 0 saturated carbocycles. The summed E-state index contributed by atoms with van der Waals surface area (Å²) >= 11 is 1.50. The molecule has 1 aliphatic heterocycles. The quantitative estimate of drug-likeness (QED) is 0.828. The Morgan fingerprint density at radius 2 is 2.33 bits per heavy atom. The molecule has 1 aromatic rings. The van der Waals surface area contributed by atoms with Gasteiger partial charge in [-0.3, -0.25) is 0 Å². The Bertz CT molecular complexity index is 405. The zero-order valence-corrected chi connectivity index (χ0v) is 10.3. The number of likely N-dealkylation sites (tertiary alicyclic amines) is 1. The minimum absolute atomic E-state index is 0.156. The monoisotopic (exact) mass is 279 g/mol. The van der Waals surface area contributed by atoms with E-state index in [9.17, 15) is 18.0 Å². The Kier molecular flexibility index (Phi) is 3.79. The Balaban J connectivity index is 1.97. The van der Waals surface area contributed by atoms with Gasteiger partial charge >= 0.3 is 12.3 Å². The predicted molar refractivity (Wildman–Crippen MR) is 60.4 cm³/mol. The highest BCUT2D eigenvalue weighted by molar-refractivity contribution is 7.07. The summed E-state index contributed by atoms with van der Waals surface area (Å²) in [6.07, 6.45) is -3.83. The SMILES string of the molecule is O=C(OCC(F)(F)F)N1CCCC1c1ccsc1. The molecule has 0 radical (unpaired) electrons. The zero-order valence-electron chi connectivity index (χ0n) is 9.44. The average Bonchev–Trinajstić information content (AvgIpc) is 2.94. The first-order valence-electron chi connectivity index (χ1n) is 5.49. The number of hydrogen-bond acceptors (Lipinski definition) is 3. The molecular formula is C11H12F3NO2S. The average molecular weight is 279 g/mol. The standard InChI is InChI=1S/C11H12F3NO2S/c12-11(13,14)7-17-10(16)15-4-1-2-9(15)8-3-5-18-6-8/h3,5-6,9H,1-2,4,7H2. The molecule has 3 nitrogen and oxygen atoms in total. The molecule has 2 rings (SSSR count). The minimum atomic E-state index is -4.48. The maximum atomic E-state index is 12.0. The summed E-state index contributed by atoms with van der Waals surface area (Å²) < 4.78 is 40.2. The molecule has 0 bridgehead atoms. The van der Waals surface area contributed by atoms with Crippen LogP contribution < -0.4 is 0 Å². The number of ether oxygens (including phenoxy) is 1. The summed E-state index contributed by atoms with van der Waals surface area (Å²) in [5, 5.41) is 3.78. The van der Waals surface area contributed by atoms with Crippen LogP contribution in [0.1, 0.15) is 24.4 Å². The van der Waals surface area contributed by atoms with E-state index < -0.39 is 18.9 Å². The first-order valence-corrected chi connectivity index (χ1v) is 6.44. The number of thiophene rings is 1. The van der Waals surface area contributed by atoms with E-state index >= 15 is 0 Å². The maximum absolute atomic E-state index is 12.0. The number of carbonyl (C=O) groups is 1. The summed E-state index contributed by atoms with van der Waals surface area (Å²) in [5.41, 5.74) is 0.960. The lowest BCUT2D eigenvalue weighted by Gasteiger charge is -2.23. The van der Waals surface area contributed by atoms with Crippen molar-refractivity contribution in [2.45, 2.75) is 25.1 Å². The molecule has 1 saturated heterocycles. The van der Waals surface area contributed by atoms with Gasteiger partial charge in [0.2, 0.25) is 0 Å². The van der Waals surface area contributed by atoms with Gasteiger partial charge in [0, 0.05) is 6.54 Å². The van der Waals surface area contributed by atoms with Crippen LogP contribution in [0.15, 0.2) is 16.8 Å². The van der Waals surface area contributed by atoms with Crippen LogP contribution in [-0.2, 0) is 4.74 Å². The molecule has 2 heterocycles. The van der Waals surface area contributed by atoms with E-state index in [0.717, 1.165) is 18.4 Å². The molecule has 7 heteroatoms. The Morgan fingerprint density at radius 1 is 1.56 bits per heavy atom. The molecule has 100 valence electrons. The number of nitrogens with zero attached hydrogens (tertiary/aromatic N) is 1. The summed E-state index contributed by atoms with van der Waals surface area (Å²) in [6.45, 7) is -1.09. The second-order valence-electron chi connectivity index (χ2n) is 4.08. The third kappa shape index (κ3) is 3.16. The fourth-order valence-corrected chi connectivity index (χ4v) is 2.73. The fraction of sp³-hybridized carbons (Fsp3) is 0.545. The van der Waals surface area contributed by atoms with Gasteiger partial charge in [-0.2, -0.15) is 24.5 Å². The highest BCUT2D eigenvalue weighted by Gasteiger charge is 2.35. The van der Waals surface area contributed by atoms with Crippen molar-refractivity contribution in [3.63, 3.8) is 0 Å². The van der Waals surface area contributed by atoms with Crippen LogP contribution in [0.3, 0.4) is 0 Å². The second-order valence-corrected chi connectivity index (χ2v) is 4.86. The normalized spacial score (nSPS) is 20.2. The summed E-state index contributed by atoms with van der Waals surface area (Å²) in [4.78, 5) is 13.0. The molecule has 18 heavy (non-hydrogen) atoms. The zero-order chi connectivity index (χ0) is 13.2. The molecule has 1 aromatic heterocycles. The maximum Gasteiger partial charge on any atom is 0.422 e. The van der Waals surface area contributed by atoms with Gasteiger partial charge in [-0.05, 0) is 35.2 Å². The van der Waals surface area contributed by atoms with Crippen LogP contribution >= 0.6 is 11.3 Å². The molecule has 0 N–H and O–H groups in total. The van der Waals surface area contributed by atoms with E-state index in [1.54, 1.807) is 0 Å². The lowest BCUT2D eigenvalue weighted by molar-refractivity contribution is -0.162. The van der Waals surface area contributed by atoms with Gasteiger partial charge < -0.3 is 9.64 Å². The lowest BCUT2D eigenvalue weighted by atomic mass is 10.1. The Morgan fingerprint density at radius 3 is 2.94 bits per heavy atom. The van der Waals surface area contributed by atoms with Gasteiger partial charge in [-0.25, -0.2) is 4.79 Å². The van der Waals surface area contributed by atoms with Crippen molar-refractivity contribution in [3.05, 3.63) is 22.4 Å². The van der Waals surface area contributed by atoms with Gasteiger partial charge in [0.15, 0.2) is 6.61 Å². The smallest absolute Gasteiger partial charge is 0.422 e. The number of carbonyl (C=O) groups excluding carboxylic acids is 1. The molecule has 1 aliphatic rings. The number of rotatable bonds is 2. The molecule has 0 spiro atoms. The first-order chi connectivity index (χ1) is 8.47. The number of amides is 1. The highest BCUT2D eigenvalue weighted by atomic mass is 32.1. The molecule has 1 amide bonds. The lowest BCUT2D eigenvalue weighted by Crippen LogP contribution is -2.33. The van der Waals surface area contributed by atoms with Crippen molar-refractivity contribution in [2.24, 2.45) is 0 Å². The van der Waals surface area contributed by atoms with E-state index in [2.05, 4.69) is 4.74 Å². The van der Waals surface area contributed by atoms with E-state index in [0.29, 0.717) is 6.54 Å². The molecule has 0 aliphatic carbocycles. The molecule has 1 unspecified atom stereocenters. The Labute approximate surface area is 106 Å². The third-order valence-corrected chi connectivity index (χ3v) is 3.48. The van der Waals surface area contributed by atoms with Crippen molar-refractivity contribution < 1.29 is 22.7 Å². The fourth-order valence-electron chi connectivity index (χ4n) is 2.02. The van der Waals surface area contributed by atoms with Crippen LogP contribution in [0.25, 0.3) is 0 Å². The molecule has 1 fully saturated rings. The van der Waals surface area contributed by atoms with Crippen molar-refractivity contribution in [3.8, 4) is 0 Å².